The number of hydrogen-bond acceptors (Lipinski definition) is 9. The molecule has 0 saturated heterocycles. The molecule has 0 radical (unpaired) electrons. The summed E-state index contributed by atoms with van der Waals surface area (Å²) in [6.45, 7) is 0. The van der Waals surface area contributed by atoms with Gasteiger partial charge < -0.3 is 28.0 Å². The summed E-state index contributed by atoms with van der Waals surface area (Å²) in [6, 6.07) is 22.0. The summed E-state index contributed by atoms with van der Waals surface area (Å²) in [7, 11) is 1.55. The SMILES string of the molecule is COc1cccc2c1Sc1c(OC)cccc1C(OP(=O)(O)OC1=Cc3cccc(OC)c3Sc3c(OC)cccc31)=C2. The van der Waals surface area contributed by atoms with E-state index in [1.54, 1.807) is 64.9 Å². The Bertz CT molecular complexity index is 1710. The van der Waals surface area contributed by atoms with Crippen molar-refractivity contribution >= 4 is 55.0 Å². The standard InChI is InChI=1S/C32H27O8PS2/c1-35-23-13-5-9-19-17-27(21-11-7-15-25(37-3)31(21)42-29(19)23)39-41(33,34)40-28-18-20-10-6-14-24(36-2)30(20)43-32-22(28)12-8-16-26(32)38-4/h5-18H,1-4H3,(H,33,34). The molecule has 0 amide bonds. The lowest BCUT2D eigenvalue weighted by molar-refractivity contribution is 0.264. The minimum absolute atomic E-state index is 0.149. The third kappa shape index (κ3) is 5.59. The number of phosphoric acid groups is 1. The van der Waals surface area contributed by atoms with E-state index in [1.807, 2.05) is 48.5 Å². The van der Waals surface area contributed by atoms with Gasteiger partial charge in [0.25, 0.3) is 0 Å². The number of rotatable bonds is 8. The fraction of sp³-hybridized carbons (Fsp3) is 0.125. The minimum atomic E-state index is -4.79. The van der Waals surface area contributed by atoms with Crippen LogP contribution in [0, 0.1) is 0 Å². The van der Waals surface area contributed by atoms with Gasteiger partial charge in [-0.2, -0.15) is 0 Å². The molecule has 4 aromatic rings. The zero-order chi connectivity index (χ0) is 30.1. The van der Waals surface area contributed by atoms with Crippen LogP contribution in [0.5, 0.6) is 23.0 Å². The summed E-state index contributed by atoms with van der Waals surface area (Å²) in [4.78, 5) is 14.4. The highest BCUT2D eigenvalue weighted by Crippen LogP contribution is 2.57. The molecule has 0 saturated carbocycles. The lowest BCUT2D eigenvalue weighted by Gasteiger charge is -2.20. The minimum Gasteiger partial charge on any atom is -0.496 e. The predicted octanol–water partition coefficient (Wildman–Crippen LogP) is 8.48. The summed E-state index contributed by atoms with van der Waals surface area (Å²) in [5, 5.41) is 0. The van der Waals surface area contributed by atoms with Gasteiger partial charge in [-0.1, -0.05) is 59.9 Å². The van der Waals surface area contributed by atoms with E-state index in [-0.39, 0.29) is 11.5 Å². The molecular formula is C32H27O8PS2. The van der Waals surface area contributed by atoms with Crippen LogP contribution in [0.15, 0.2) is 92.4 Å². The van der Waals surface area contributed by atoms with E-state index < -0.39 is 7.82 Å². The van der Waals surface area contributed by atoms with Gasteiger partial charge in [-0.05, 0) is 59.7 Å². The summed E-state index contributed by atoms with van der Waals surface area (Å²) < 4.78 is 48.2. The number of benzene rings is 4. The number of methoxy groups -OCH3 is 4. The third-order valence-electron chi connectivity index (χ3n) is 6.80. The van der Waals surface area contributed by atoms with Crippen LogP contribution in [0.1, 0.15) is 22.3 Å². The molecule has 11 heteroatoms. The Morgan fingerprint density at radius 3 is 1.26 bits per heavy atom. The van der Waals surface area contributed by atoms with E-state index in [9.17, 15) is 9.46 Å². The molecule has 0 spiro atoms. The molecule has 43 heavy (non-hydrogen) atoms. The van der Waals surface area contributed by atoms with Gasteiger partial charge in [-0.15, -0.1) is 0 Å². The third-order valence-corrected chi connectivity index (χ3v) is 10.2. The van der Waals surface area contributed by atoms with Gasteiger partial charge in [0.15, 0.2) is 0 Å². The fourth-order valence-electron chi connectivity index (χ4n) is 4.84. The highest BCUT2D eigenvalue weighted by Gasteiger charge is 2.34. The summed E-state index contributed by atoms with van der Waals surface area (Å²) >= 11 is 2.86. The predicted molar refractivity (Wildman–Crippen MR) is 168 cm³/mol. The van der Waals surface area contributed by atoms with E-state index >= 15 is 0 Å². The van der Waals surface area contributed by atoms with Gasteiger partial charge in [0.1, 0.15) is 34.5 Å². The number of hydrogen-bond donors (Lipinski definition) is 1. The van der Waals surface area contributed by atoms with Crippen molar-refractivity contribution in [2.24, 2.45) is 0 Å². The van der Waals surface area contributed by atoms with Crippen LogP contribution in [-0.4, -0.2) is 33.3 Å². The van der Waals surface area contributed by atoms with Crippen LogP contribution >= 0.6 is 31.3 Å². The first kappa shape index (κ1) is 29.1. The number of fused-ring (bicyclic) bond motifs is 4. The molecule has 4 aromatic carbocycles. The Morgan fingerprint density at radius 2 is 0.884 bits per heavy atom. The molecule has 2 aliphatic rings. The van der Waals surface area contributed by atoms with Crippen molar-refractivity contribution in [3.63, 3.8) is 0 Å². The van der Waals surface area contributed by atoms with Gasteiger partial charge >= 0.3 is 7.82 Å². The van der Waals surface area contributed by atoms with Crippen molar-refractivity contribution in [2.75, 3.05) is 28.4 Å². The Morgan fingerprint density at radius 1 is 0.535 bits per heavy atom. The molecule has 2 aliphatic heterocycles. The van der Waals surface area contributed by atoms with E-state index in [0.717, 1.165) is 20.9 Å². The van der Waals surface area contributed by atoms with Gasteiger partial charge in [0, 0.05) is 11.1 Å². The maximum atomic E-state index is 13.9. The first-order valence-electron chi connectivity index (χ1n) is 13.1. The fourth-order valence-corrected chi connectivity index (χ4v) is 8.14. The lowest BCUT2D eigenvalue weighted by Crippen LogP contribution is -1.99. The molecule has 0 aromatic heterocycles. The highest BCUT2D eigenvalue weighted by molar-refractivity contribution is 8.00. The molecule has 2 heterocycles. The zero-order valence-corrected chi connectivity index (χ0v) is 26.2. The van der Waals surface area contributed by atoms with Crippen molar-refractivity contribution in [2.45, 2.75) is 19.6 Å². The molecule has 0 bridgehead atoms. The van der Waals surface area contributed by atoms with Crippen LogP contribution < -0.4 is 18.9 Å². The molecule has 1 N–H and O–H groups in total. The van der Waals surface area contributed by atoms with Crippen LogP contribution in [-0.2, 0) is 13.6 Å². The van der Waals surface area contributed by atoms with E-state index in [1.165, 1.54) is 23.5 Å². The average Bonchev–Trinajstić information content (AvgIpc) is 3.27. The first-order chi connectivity index (χ1) is 20.9. The van der Waals surface area contributed by atoms with Gasteiger partial charge in [0.2, 0.25) is 0 Å². The summed E-state index contributed by atoms with van der Waals surface area (Å²) in [6.07, 6.45) is 3.41. The Labute approximate surface area is 257 Å². The van der Waals surface area contributed by atoms with Crippen molar-refractivity contribution < 1.29 is 37.5 Å². The Hall–Kier alpha value is -3.95. The smallest absolute Gasteiger partial charge is 0.496 e. The Balaban J connectivity index is 1.45. The van der Waals surface area contributed by atoms with Crippen LogP contribution in [0.2, 0.25) is 0 Å². The van der Waals surface area contributed by atoms with Crippen LogP contribution in [0.25, 0.3) is 23.7 Å². The Kier molecular flexibility index (Phi) is 8.11. The second-order valence-corrected chi connectivity index (χ2v) is 12.6. The van der Waals surface area contributed by atoms with Gasteiger partial charge in [-0.3, -0.25) is 4.89 Å². The van der Waals surface area contributed by atoms with E-state index in [0.29, 0.717) is 43.9 Å². The normalized spacial score (nSPS) is 13.4. The van der Waals surface area contributed by atoms with Crippen molar-refractivity contribution in [1.29, 1.82) is 0 Å². The quantitative estimate of drug-likeness (QED) is 0.190. The highest BCUT2D eigenvalue weighted by atomic mass is 32.2. The number of ether oxygens (including phenoxy) is 4. The van der Waals surface area contributed by atoms with Crippen LogP contribution in [0.4, 0.5) is 0 Å². The largest absolute Gasteiger partial charge is 0.584 e. The second kappa shape index (κ2) is 12.0. The second-order valence-electron chi connectivity index (χ2n) is 9.30. The average molecular weight is 635 g/mol. The molecule has 0 aliphatic carbocycles. The van der Waals surface area contributed by atoms with Crippen molar-refractivity contribution in [1.82, 2.24) is 0 Å². The molecule has 0 atom stereocenters. The van der Waals surface area contributed by atoms with Gasteiger partial charge in [0.05, 0.1) is 48.0 Å². The van der Waals surface area contributed by atoms with Gasteiger partial charge in [-0.25, -0.2) is 4.57 Å². The summed E-state index contributed by atoms with van der Waals surface area (Å²) in [5.41, 5.74) is 2.64. The molecule has 0 fully saturated rings. The lowest BCUT2D eigenvalue weighted by atomic mass is 10.1. The molecule has 220 valence electrons. The maximum absolute atomic E-state index is 13.9. The number of phosphoric ester groups is 1. The van der Waals surface area contributed by atoms with Crippen molar-refractivity contribution in [3.8, 4) is 23.0 Å². The maximum Gasteiger partial charge on any atom is 0.584 e. The molecule has 8 nitrogen and oxygen atoms in total. The van der Waals surface area contributed by atoms with E-state index in [4.69, 9.17) is 28.0 Å². The van der Waals surface area contributed by atoms with E-state index in [2.05, 4.69) is 0 Å². The molecule has 0 unspecified atom stereocenters. The zero-order valence-electron chi connectivity index (χ0n) is 23.7. The van der Waals surface area contributed by atoms with Crippen LogP contribution in [0.3, 0.4) is 0 Å². The summed E-state index contributed by atoms with van der Waals surface area (Å²) in [5.74, 6) is 2.77. The van der Waals surface area contributed by atoms with Crippen molar-refractivity contribution in [3.05, 3.63) is 95.1 Å². The molecule has 6 rings (SSSR count). The topological polar surface area (TPSA) is 92.7 Å². The molecular weight excluding hydrogens is 607 g/mol. The first-order valence-corrected chi connectivity index (χ1v) is 16.2. The monoisotopic (exact) mass is 634 g/mol.